The van der Waals surface area contributed by atoms with Gasteiger partial charge < -0.3 is 5.11 Å². The molecule has 0 spiro atoms. The van der Waals surface area contributed by atoms with Gasteiger partial charge in [0.1, 0.15) is 9.84 Å². The van der Waals surface area contributed by atoms with Crippen molar-refractivity contribution in [3.63, 3.8) is 0 Å². The van der Waals surface area contributed by atoms with Gasteiger partial charge >= 0.3 is 5.97 Å². The Morgan fingerprint density at radius 2 is 1.82 bits per heavy atom. The van der Waals surface area contributed by atoms with Crippen molar-refractivity contribution < 1.29 is 26.7 Å². The van der Waals surface area contributed by atoms with Gasteiger partial charge in [-0.2, -0.15) is 0 Å². The molecule has 1 fully saturated rings. The van der Waals surface area contributed by atoms with Gasteiger partial charge in [0.2, 0.25) is 10.0 Å². The lowest BCUT2D eigenvalue weighted by Crippen LogP contribution is -2.46. The van der Waals surface area contributed by atoms with Crippen LogP contribution in [0.4, 0.5) is 0 Å². The van der Waals surface area contributed by atoms with Gasteiger partial charge in [0.05, 0.1) is 11.5 Å². The molecule has 1 aliphatic heterocycles. The Balaban J connectivity index is 2.65. The molecule has 1 rings (SSSR count). The van der Waals surface area contributed by atoms with E-state index in [1.165, 1.54) is 0 Å². The predicted octanol–water partition coefficient (Wildman–Crippen LogP) is -1.04. The molecule has 1 heterocycles. The second-order valence-electron chi connectivity index (χ2n) is 4.07. The number of sulfone groups is 1. The van der Waals surface area contributed by atoms with Crippen LogP contribution in [-0.2, 0) is 24.7 Å². The number of carboxylic acid groups (broad SMARTS) is 1. The van der Waals surface area contributed by atoms with Crippen molar-refractivity contribution in [3.8, 4) is 0 Å². The first-order chi connectivity index (χ1) is 7.64. The number of sulfonamides is 1. The standard InChI is InChI=1S/C8H15NO6S2/c1-6(8(10)11)17(14,15)9-7-2-4-16(12,13)5-3-7/h6-7,9H,2-5H2,1H3,(H,10,11). The van der Waals surface area contributed by atoms with Crippen LogP contribution in [0.1, 0.15) is 19.8 Å². The highest BCUT2D eigenvalue weighted by Crippen LogP contribution is 2.14. The summed E-state index contributed by atoms with van der Waals surface area (Å²) in [5.41, 5.74) is 0. The molecule has 17 heavy (non-hydrogen) atoms. The first kappa shape index (κ1) is 14.4. The molecule has 0 aliphatic carbocycles. The zero-order valence-electron chi connectivity index (χ0n) is 9.29. The average molecular weight is 285 g/mol. The zero-order valence-corrected chi connectivity index (χ0v) is 10.9. The maximum absolute atomic E-state index is 11.6. The highest BCUT2D eigenvalue weighted by molar-refractivity contribution is 7.91. The minimum Gasteiger partial charge on any atom is -0.480 e. The van der Waals surface area contributed by atoms with Crippen LogP contribution in [0.2, 0.25) is 0 Å². The van der Waals surface area contributed by atoms with Crippen molar-refractivity contribution >= 4 is 25.8 Å². The van der Waals surface area contributed by atoms with Gasteiger partial charge in [-0.3, -0.25) is 4.79 Å². The Kier molecular flexibility index (Phi) is 4.15. The summed E-state index contributed by atoms with van der Waals surface area (Å²) in [5, 5.41) is 7.07. The van der Waals surface area contributed by atoms with E-state index in [2.05, 4.69) is 4.72 Å². The van der Waals surface area contributed by atoms with Gasteiger partial charge in [-0.1, -0.05) is 0 Å². The molecule has 1 unspecified atom stereocenters. The molecule has 1 aliphatic rings. The van der Waals surface area contributed by atoms with Crippen molar-refractivity contribution in [3.05, 3.63) is 0 Å². The molecule has 0 aromatic carbocycles. The summed E-state index contributed by atoms with van der Waals surface area (Å²) in [4.78, 5) is 10.6. The van der Waals surface area contributed by atoms with Crippen molar-refractivity contribution in [1.82, 2.24) is 4.72 Å². The summed E-state index contributed by atoms with van der Waals surface area (Å²) in [7, 11) is -7.00. The van der Waals surface area contributed by atoms with E-state index >= 15 is 0 Å². The first-order valence-corrected chi connectivity index (χ1v) is 8.45. The molecule has 0 aromatic heterocycles. The number of nitrogens with one attached hydrogen (secondary N) is 1. The topological polar surface area (TPSA) is 118 Å². The molecule has 0 radical (unpaired) electrons. The Hall–Kier alpha value is -0.670. The number of carbonyl (C=O) groups is 1. The fourth-order valence-corrected chi connectivity index (χ4v) is 4.14. The van der Waals surface area contributed by atoms with E-state index < -0.39 is 37.1 Å². The maximum Gasteiger partial charge on any atom is 0.323 e. The lowest BCUT2D eigenvalue weighted by atomic mass is 10.2. The minimum absolute atomic E-state index is 0.0678. The number of carboxylic acids is 1. The Morgan fingerprint density at radius 1 is 1.35 bits per heavy atom. The number of hydrogen-bond donors (Lipinski definition) is 2. The molecule has 0 saturated carbocycles. The summed E-state index contributed by atoms with van der Waals surface area (Å²) in [6, 6.07) is -0.495. The molecule has 1 saturated heterocycles. The van der Waals surface area contributed by atoms with Crippen molar-refractivity contribution in [2.24, 2.45) is 0 Å². The molecule has 0 aromatic rings. The number of rotatable bonds is 4. The van der Waals surface area contributed by atoms with Crippen LogP contribution in [0.5, 0.6) is 0 Å². The smallest absolute Gasteiger partial charge is 0.323 e. The largest absolute Gasteiger partial charge is 0.480 e. The van der Waals surface area contributed by atoms with Gasteiger partial charge in [0, 0.05) is 6.04 Å². The van der Waals surface area contributed by atoms with E-state index in [9.17, 15) is 21.6 Å². The number of hydrogen-bond acceptors (Lipinski definition) is 5. The van der Waals surface area contributed by atoms with E-state index in [0.717, 1.165) is 6.92 Å². The van der Waals surface area contributed by atoms with Crippen LogP contribution in [0.3, 0.4) is 0 Å². The second kappa shape index (κ2) is 4.91. The highest BCUT2D eigenvalue weighted by Gasteiger charge is 2.32. The molecule has 1 atom stereocenters. The summed E-state index contributed by atoms with van der Waals surface area (Å²) in [6.45, 7) is 1.07. The third-order valence-electron chi connectivity index (χ3n) is 2.70. The monoisotopic (exact) mass is 285 g/mol. The van der Waals surface area contributed by atoms with Crippen LogP contribution >= 0.6 is 0 Å². The van der Waals surface area contributed by atoms with Gasteiger partial charge in [-0.05, 0) is 19.8 Å². The predicted molar refractivity (Wildman–Crippen MR) is 60.8 cm³/mol. The Labute approximate surface area is 100 Å². The van der Waals surface area contributed by atoms with Crippen molar-refractivity contribution in [1.29, 1.82) is 0 Å². The van der Waals surface area contributed by atoms with E-state index in [1.54, 1.807) is 0 Å². The van der Waals surface area contributed by atoms with E-state index in [0.29, 0.717) is 0 Å². The van der Waals surface area contributed by atoms with E-state index in [1.807, 2.05) is 0 Å². The quantitative estimate of drug-likeness (QED) is 0.681. The van der Waals surface area contributed by atoms with Gasteiger partial charge in [0.25, 0.3) is 0 Å². The first-order valence-electron chi connectivity index (χ1n) is 5.08. The average Bonchev–Trinajstić information content (AvgIpc) is 2.20. The SMILES string of the molecule is CC(C(=O)O)S(=O)(=O)NC1CCS(=O)(=O)CC1. The van der Waals surface area contributed by atoms with E-state index in [4.69, 9.17) is 5.11 Å². The Bertz CT molecular complexity index is 480. The van der Waals surface area contributed by atoms with Crippen molar-refractivity contribution in [2.45, 2.75) is 31.1 Å². The van der Waals surface area contributed by atoms with Gasteiger partial charge in [0.15, 0.2) is 5.25 Å². The number of aliphatic carboxylic acids is 1. The fourth-order valence-electron chi connectivity index (χ4n) is 1.47. The zero-order chi connectivity index (χ0) is 13.3. The molecule has 0 bridgehead atoms. The van der Waals surface area contributed by atoms with E-state index in [-0.39, 0.29) is 24.3 Å². The second-order valence-corrected chi connectivity index (χ2v) is 8.41. The molecule has 100 valence electrons. The van der Waals surface area contributed by atoms with Crippen LogP contribution in [0.15, 0.2) is 0 Å². The third-order valence-corrected chi connectivity index (χ3v) is 6.21. The molecule has 2 N–H and O–H groups in total. The molecule has 9 heteroatoms. The summed E-state index contributed by atoms with van der Waals surface area (Å²) in [6.07, 6.45) is 0.377. The third kappa shape index (κ3) is 3.93. The van der Waals surface area contributed by atoms with Gasteiger partial charge in [-0.25, -0.2) is 21.6 Å². The highest BCUT2D eigenvalue weighted by atomic mass is 32.2. The van der Waals surface area contributed by atoms with Crippen LogP contribution in [-0.4, -0.2) is 50.7 Å². The molecular weight excluding hydrogens is 270 g/mol. The lowest BCUT2D eigenvalue weighted by molar-refractivity contribution is -0.136. The van der Waals surface area contributed by atoms with Crippen molar-refractivity contribution in [2.75, 3.05) is 11.5 Å². The molecule has 0 amide bonds. The van der Waals surface area contributed by atoms with Crippen LogP contribution < -0.4 is 4.72 Å². The fraction of sp³-hybridized carbons (Fsp3) is 0.875. The Morgan fingerprint density at radius 3 is 2.24 bits per heavy atom. The van der Waals surface area contributed by atoms with Gasteiger partial charge in [-0.15, -0.1) is 0 Å². The molecule has 7 nitrogen and oxygen atoms in total. The van der Waals surface area contributed by atoms with Crippen LogP contribution in [0, 0.1) is 0 Å². The molecular formula is C8H15NO6S2. The maximum atomic E-state index is 11.6. The summed E-state index contributed by atoms with van der Waals surface area (Å²) >= 11 is 0. The summed E-state index contributed by atoms with van der Waals surface area (Å²) in [5.74, 6) is -1.57. The lowest BCUT2D eigenvalue weighted by Gasteiger charge is -2.23. The van der Waals surface area contributed by atoms with Crippen LogP contribution in [0.25, 0.3) is 0 Å². The summed E-state index contributed by atoms with van der Waals surface area (Å²) < 4.78 is 47.6. The minimum atomic E-state index is -3.94. The normalized spacial score (nSPS) is 23.1.